The van der Waals surface area contributed by atoms with Crippen LogP contribution in [0.3, 0.4) is 0 Å². The van der Waals surface area contributed by atoms with Crippen molar-refractivity contribution in [1.82, 2.24) is 9.97 Å². The number of nitrogens with zero attached hydrogens (tertiary/aromatic N) is 2. The summed E-state index contributed by atoms with van der Waals surface area (Å²) >= 11 is 7.06. The third kappa shape index (κ3) is 3.27. The Kier molecular flexibility index (Phi) is 5.64. The quantitative estimate of drug-likeness (QED) is 0.426. The molecule has 0 fully saturated rings. The molecule has 0 radical (unpaired) electrons. The van der Waals surface area contributed by atoms with E-state index in [-0.39, 0.29) is 12.4 Å². The fourth-order valence-corrected chi connectivity index (χ4v) is 0.972. The van der Waals surface area contributed by atoms with Crippen molar-refractivity contribution in [3.8, 4) is 0 Å². The number of aromatic nitrogens is 2. The largest absolute Gasteiger partial charge is 0.231 e. The Morgan fingerprint density at radius 2 is 2.00 bits per heavy atom. The van der Waals surface area contributed by atoms with Gasteiger partial charge >= 0.3 is 0 Å². The van der Waals surface area contributed by atoms with E-state index in [2.05, 4.69) is 9.97 Å². The molecule has 0 saturated carbocycles. The molecule has 0 saturated heterocycles. The van der Waals surface area contributed by atoms with Gasteiger partial charge in [0.2, 0.25) is 0 Å². The molecule has 62 valence electrons. The van der Waals surface area contributed by atoms with E-state index in [1.807, 2.05) is 6.26 Å². The molecule has 0 aliphatic heterocycles. The van der Waals surface area contributed by atoms with Crippen molar-refractivity contribution in [3.05, 3.63) is 18.0 Å². The number of thioether (sulfide) groups is 1. The maximum atomic E-state index is 5.54. The molecule has 0 amide bonds. The zero-order chi connectivity index (χ0) is 7.40. The van der Waals surface area contributed by atoms with Crippen molar-refractivity contribution >= 4 is 35.8 Å². The summed E-state index contributed by atoms with van der Waals surface area (Å²) < 4.78 is 0. The average Bonchev–Trinajstić information content (AvgIpc) is 2.05. The van der Waals surface area contributed by atoms with Crippen molar-refractivity contribution in [2.45, 2.75) is 11.0 Å². The van der Waals surface area contributed by atoms with E-state index < -0.39 is 0 Å². The minimum absolute atomic E-state index is 0. The second-order valence-electron chi connectivity index (χ2n) is 1.71. The molecule has 0 aliphatic carbocycles. The highest BCUT2D eigenvalue weighted by Crippen LogP contribution is 2.07. The molecule has 0 unspecified atom stereocenters. The first-order chi connectivity index (χ1) is 4.86. The van der Waals surface area contributed by atoms with Crippen LogP contribution in [0.1, 0.15) is 5.56 Å². The van der Waals surface area contributed by atoms with Gasteiger partial charge < -0.3 is 0 Å². The Balaban J connectivity index is 0.000001000. The summed E-state index contributed by atoms with van der Waals surface area (Å²) in [6.45, 7) is 0. The summed E-state index contributed by atoms with van der Waals surface area (Å²) in [6, 6.07) is 0. The van der Waals surface area contributed by atoms with Crippen LogP contribution in [0.5, 0.6) is 0 Å². The molecule has 0 spiro atoms. The zero-order valence-corrected chi connectivity index (χ0v) is 8.34. The lowest BCUT2D eigenvalue weighted by Gasteiger charge is -1.94. The van der Waals surface area contributed by atoms with E-state index in [9.17, 15) is 0 Å². The van der Waals surface area contributed by atoms with Crippen molar-refractivity contribution < 1.29 is 0 Å². The zero-order valence-electron chi connectivity index (χ0n) is 5.95. The van der Waals surface area contributed by atoms with Gasteiger partial charge in [0.1, 0.15) is 0 Å². The predicted octanol–water partition coefficient (Wildman–Crippen LogP) is 2.36. The summed E-state index contributed by atoms with van der Waals surface area (Å²) in [6.07, 6.45) is 5.42. The van der Waals surface area contributed by atoms with Gasteiger partial charge in [0, 0.05) is 18.0 Å². The number of halogens is 2. The van der Waals surface area contributed by atoms with Gasteiger partial charge in [-0.3, -0.25) is 0 Å². The van der Waals surface area contributed by atoms with Crippen molar-refractivity contribution in [2.24, 2.45) is 0 Å². The smallest absolute Gasteiger partial charge is 0.187 e. The van der Waals surface area contributed by atoms with E-state index >= 15 is 0 Å². The summed E-state index contributed by atoms with van der Waals surface area (Å²) in [7, 11) is 0. The molecular formula is C6H8Cl2N2S. The van der Waals surface area contributed by atoms with E-state index in [1.54, 1.807) is 12.4 Å². The summed E-state index contributed by atoms with van der Waals surface area (Å²) in [4.78, 5) is 8.07. The molecule has 0 N–H and O–H groups in total. The molecule has 1 rings (SSSR count). The third-order valence-corrected chi connectivity index (χ3v) is 1.90. The van der Waals surface area contributed by atoms with Crippen LogP contribution >= 0.6 is 35.8 Å². The van der Waals surface area contributed by atoms with E-state index in [4.69, 9.17) is 11.6 Å². The van der Waals surface area contributed by atoms with Crippen LogP contribution < -0.4 is 0 Å². The SMILES string of the molecule is CSc1ncc(CCl)cn1.Cl. The van der Waals surface area contributed by atoms with Crippen LogP contribution in [0.15, 0.2) is 17.6 Å². The molecule has 1 aromatic rings. The molecule has 5 heteroatoms. The van der Waals surface area contributed by atoms with Gasteiger partial charge in [-0.2, -0.15) is 0 Å². The predicted molar refractivity (Wildman–Crippen MR) is 50.6 cm³/mol. The van der Waals surface area contributed by atoms with Gasteiger partial charge in [0.15, 0.2) is 5.16 Å². The number of alkyl halides is 1. The van der Waals surface area contributed by atoms with Crippen LogP contribution in [0, 0.1) is 0 Å². The second-order valence-corrected chi connectivity index (χ2v) is 2.75. The van der Waals surface area contributed by atoms with Crippen molar-refractivity contribution in [3.63, 3.8) is 0 Å². The molecule has 1 aromatic heterocycles. The highest BCUT2D eigenvalue weighted by molar-refractivity contribution is 7.98. The first-order valence-corrected chi connectivity index (χ1v) is 4.53. The first kappa shape index (κ1) is 11.0. The van der Waals surface area contributed by atoms with Crippen LogP contribution in [0.4, 0.5) is 0 Å². The minimum atomic E-state index is 0. The Labute approximate surface area is 81.2 Å². The Hall–Kier alpha value is 0.01000. The standard InChI is InChI=1S/C6H7ClN2S.ClH/c1-10-6-8-3-5(2-7)4-9-6;/h3-4H,2H2,1H3;1H. The lowest BCUT2D eigenvalue weighted by Crippen LogP contribution is -1.86. The highest BCUT2D eigenvalue weighted by atomic mass is 35.5. The Morgan fingerprint density at radius 1 is 1.45 bits per heavy atom. The van der Waals surface area contributed by atoms with Gasteiger partial charge in [-0.25, -0.2) is 9.97 Å². The van der Waals surface area contributed by atoms with E-state index in [0.717, 1.165) is 10.7 Å². The van der Waals surface area contributed by atoms with Crippen molar-refractivity contribution in [2.75, 3.05) is 6.26 Å². The third-order valence-electron chi connectivity index (χ3n) is 1.02. The highest BCUT2D eigenvalue weighted by Gasteiger charge is 1.92. The molecule has 2 nitrogen and oxygen atoms in total. The lowest BCUT2D eigenvalue weighted by atomic mass is 10.4. The molecule has 1 heterocycles. The molecule has 0 atom stereocenters. The average molecular weight is 211 g/mol. The normalized spacial score (nSPS) is 8.91. The van der Waals surface area contributed by atoms with Gasteiger partial charge in [-0.1, -0.05) is 11.8 Å². The second kappa shape index (κ2) is 5.63. The molecular weight excluding hydrogens is 203 g/mol. The lowest BCUT2D eigenvalue weighted by molar-refractivity contribution is 0.949. The Morgan fingerprint density at radius 3 is 2.36 bits per heavy atom. The topological polar surface area (TPSA) is 25.8 Å². The van der Waals surface area contributed by atoms with Gasteiger partial charge in [-0.05, 0) is 6.26 Å². The maximum absolute atomic E-state index is 5.54. The fraction of sp³-hybridized carbons (Fsp3) is 0.333. The van der Waals surface area contributed by atoms with E-state index in [0.29, 0.717) is 5.88 Å². The van der Waals surface area contributed by atoms with E-state index in [1.165, 1.54) is 11.8 Å². The first-order valence-electron chi connectivity index (χ1n) is 2.77. The van der Waals surface area contributed by atoms with Crippen molar-refractivity contribution in [1.29, 1.82) is 0 Å². The van der Waals surface area contributed by atoms with Crippen LogP contribution in [-0.4, -0.2) is 16.2 Å². The summed E-state index contributed by atoms with van der Waals surface area (Å²) in [5.74, 6) is 0.481. The number of rotatable bonds is 2. The molecule has 11 heavy (non-hydrogen) atoms. The molecule has 0 bridgehead atoms. The van der Waals surface area contributed by atoms with Crippen LogP contribution in [-0.2, 0) is 5.88 Å². The molecule has 0 aromatic carbocycles. The monoisotopic (exact) mass is 210 g/mol. The number of hydrogen-bond acceptors (Lipinski definition) is 3. The van der Waals surface area contributed by atoms with Crippen LogP contribution in [0.2, 0.25) is 0 Å². The molecule has 0 aliphatic rings. The summed E-state index contributed by atoms with van der Waals surface area (Å²) in [5.41, 5.74) is 0.958. The van der Waals surface area contributed by atoms with Gasteiger partial charge in [0.05, 0.1) is 5.88 Å². The van der Waals surface area contributed by atoms with Crippen LogP contribution in [0.25, 0.3) is 0 Å². The number of hydrogen-bond donors (Lipinski definition) is 0. The Bertz CT molecular complexity index is 179. The minimum Gasteiger partial charge on any atom is -0.231 e. The van der Waals surface area contributed by atoms with Gasteiger partial charge in [0.25, 0.3) is 0 Å². The summed E-state index contributed by atoms with van der Waals surface area (Å²) in [5, 5.41) is 0.786. The van der Waals surface area contributed by atoms with Gasteiger partial charge in [-0.15, -0.1) is 24.0 Å². The fourth-order valence-electron chi connectivity index (χ4n) is 0.517. The maximum Gasteiger partial charge on any atom is 0.187 e.